The maximum absolute atomic E-state index is 13.0. The zero-order valence-electron chi connectivity index (χ0n) is 66.0. The average molecular weight is 1530 g/mol. The summed E-state index contributed by atoms with van der Waals surface area (Å²) < 4.78 is 61.0. The molecule has 0 aliphatic rings. The molecule has 0 aromatic carbocycles. The van der Waals surface area contributed by atoms with Gasteiger partial charge in [-0.2, -0.15) is 0 Å². The van der Waals surface area contributed by atoms with Crippen LogP contribution in [0.5, 0.6) is 0 Å². The van der Waals surface area contributed by atoms with E-state index in [1.807, 2.05) is 12.2 Å². The Morgan fingerprint density at radius 3 is 0.785 bits per heavy atom. The van der Waals surface area contributed by atoms with Crippen molar-refractivity contribution in [3.63, 3.8) is 0 Å². The highest BCUT2D eigenvalue weighted by atomic mass is 31.2. The number of rotatable bonds is 74. The summed E-state index contributed by atoms with van der Waals surface area (Å²) in [4.78, 5) is 58.6. The molecule has 0 rings (SSSR count). The van der Waals surface area contributed by atoms with Crippen LogP contribution < -0.4 is 0 Å². The molecule has 5 unspecified atom stereocenters. The number of allylic oxidation sites excluding steroid dienone is 34. The van der Waals surface area contributed by atoms with E-state index in [2.05, 4.69) is 215 Å². The molecular formula is C89H142O16P2. The van der Waals surface area contributed by atoms with Crippen LogP contribution in [0.4, 0.5) is 0 Å². The van der Waals surface area contributed by atoms with Crippen LogP contribution >= 0.6 is 15.6 Å². The lowest BCUT2D eigenvalue weighted by molar-refractivity contribution is -0.161. The molecule has 0 bridgehead atoms. The Kier molecular flexibility index (Phi) is 75.3. The molecule has 18 heteroatoms. The molecule has 0 amide bonds. The Morgan fingerprint density at radius 1 is 0.262 bits per heavy atom. The lowest BCUT2D eigenvalue weighted by Gasteiger charge is -2.21. The number of ether oxygens (including phenoxy) is 3. The lowest BCUT2D eigenvalue weighted by Crippen LogP contribution is -2.30. The van der Waals surface area contributed by atoms with Gasteiger partial charge in [0.2, 0.25) is 0 Å². The molecule has 0 aliphatic heterocycles. The molecule has 604 valence electrons. The van der Waals surface area contributed by atoms with Gasteiger partial charge in [-0.15, -0.1) is 0 Å². The molecule has 0 aliphatic carbocycles. The largest absolute Gasteiger partial charge is 0.472 e. The molecular weight excluding hydrogens is 1390 g/mol. The number of phosphoric ester groups is 2. The fraction of sp³-hybridized carbons (Fsp3) is 0.584. The van der Waals surface area contributed by atoms with E-state index in [4.69, 9.17) is 32.3 Å². The maximum Gasteiger partial charge on any atom is 0.472 e. The summed E-state index contributed by atoms with van der Waals surface area (Å²) >= 11 is 0. The summed E-state index contributed by atoms with van der Waals surface area (Å²) in [6, 6.07) is 0. The van der Waals surface area contributed by atoms with Gasteiger partial charge in [-0.05, 0) is 161 Å². The molecule has 0 heterocycles. The minimum absolute atomic E-state index is 0.00818. The van der Waals surface area contributed by atoms with E-state index < -0.39 is 91.5 Å². The highest BCUT2D eigenvalue weighted by Gasteiger charge is 2.29. The molecule has 0 saturated carbocycles. The van der Waals surface area contributed by atoms with E-state index in [0.717, 1.165) is 148 Å². The molecule has 4 N–H and O–H groups in total. The van der Waals surface area contributed by atoms with Gasteiger partial charge in [0.25, 0.3) is 0 Å². The van der Waals surface area contributed by atoms with Crippen molar-refractivity contribution in [3.05, 3.63) is 207 Å². The molecule has 0 spiro atoms. The molecule has 0 saturated heterocycles. The van der Waals surface area contributed by atoms with Gasteiger partial charge >= 0.3 is 33.6 Å². The van der Waals surface area contributed by atoms with E-state index in [1.165, 1.54) is 64.2 Å². The van der Waals surface area contributed by atoms with E-state index in [0.29, 0.717) is 25.7 Å². The summed E-state index contributed by atoms with van der Waals surface area (Å²) in [5.74, 6) is -1.71. The zero-order chi connectivity index (χ0) is 78.0. The lowest BCUT2D eigenvalue weighted by atomic mass is 10.0. The van der Waals surface area contributed by atoms with Gasteiger partial charge in [0.1, 0.15) is 25.4 Å². The quantitative estimate of drug-likeness (QED) is 0.0146. The van der Waals surface area contributed by atoms with Crippen LogP contribution in [0.3, 0.4) is 0 Å². The summed E-state index contributed by atoms with van der Waals surface area (Å²) in [6.45, 7) is 2.19. The third kappa shape index (κ3) is 81.0. The number of carbonyl (C=O) groups excluding carboxylic acids is 3. The van der Waals surface area contributed by atoms with Gasteiger partial charge in [-0.25, -0.2) is 9.13 Å². The van der Waals surface area contributed by atoms with E-state index in [9.17, 15) is 43.5 Å². The molecule has 0 aromatic heterocycles. The van der Waals surface area contributed by atoms with Crippen molar-refractivity contribution < 1.29 is 75.8 Å². The van der Waals surface area contributed by atoms with Gasteiger partial charge in [0.15, 0.2) is 6.10 Å². The normalized spacial score (nSPS) is 15.0. The predicted molar refractivity (Wildman–Crippen MR) is 444 cm³/mol. The van der Waals surface area contributed by atoms with Crippen LogP contribution in [-0.2, 0) is 55.8 Å². The van der Waals surface area contributed by atoms with Gasteiger partial charge < -0.3 is 34.2 Å². The second-order valence-corrected chi connectivity index (χ2v) is 29.0. The summed E-state index contributed by atoms with van der Waals surface area (Å²) in [7, 11) is -9.84. The van der Waals surface area contributed by atoms with Crippen molar-refractivity contribution in [2.75, 3.05) is 39.6 Å². The fourth-order valence-electron chi connectivity index (χ4n) is 9.97. The van der Waals surface area contributed by atoms with Crippen molar-refractivity contribution in [2.24, 2.45) is 0 Å². The number of esters is 3. The minimum atomic E-state index is -4.97. The van der Waals surface area contributed by atoms with Crippen LogP contribution in [-0.4, -0.2) is 95.9 Å². The molecule has 0 radical (unpaired) electrons. The number of aliphatic hydroxyl groups is 2. The second kappa shape index (κ2) is 79.7. The van der Waals surface area contributed by atoms with Gasteiger partial charge in [-0.3, -0.25) is 32.5 Å². The Bertz CT molecular complexity index is 2770. The third-order valence-electron chi connectivity index (χ3n) is 16.0. The summed E-state index contributed by atoms with van der Waals surface area (Å²) in [5, 5.41) is 20.7. The zero-order valence-corrected chi connectivity index (χ0v) is 67.8. The molecule has 107 heavy (non-hydrogen) atoms. The van der Waals surface area contributed by atoms with Crippen LogP contribution in [0.15, 0.2) is 207 Å². The maximum atomic E-state index is 13.0. The first-order chi connectivity index (χ1) is 52.2. The number of hydrogen-bond acceptors (Lipinski definition) is 14. The number of carbonyl (C=O) groups is 3. The SMILES string of the molecule is CC/C=C\C/C=C\C/C=C\C/C=C\C/C=C\C/C=C\CCCCCCCCCCCCCCCCC(=O)OCC(O)COP(=O)(O)OCC(O)COP(=O)(O)OCC(COC(=O)CCCC/C=C\C/C=C\C/C=C\C/C=C\C/C=C\C/C=C\CC)OC(=O)CCC/C=C\C/C=C\C/C=C\C/C=C\C/C=C\CC. The number of unbranched alkanes of at least 4 members (excludes halogenated alkanes) is 17. The van der Waals surface area contributed by atoms with Crippen molar-refractivity contribution in [1.82, 2.24) is 0 Å². The number of phosphoric acid groups is 2. The first kappa shape index (κ1) is 101. The minimum Gasteiger partial charge on any atom is -0.463 e. The van der Waals surface area contributed by atoms with E-state index >= 15 is 0 Å². The monoisotopic (exact) mass is 1530 g/mol. The van der Waals surface area contributed by atoms with Crippen LogP contribution in [0.25, 0.3) is 0 Å². The highest BCUT2D eigenvalue weighted by Crippen LogP contribution is 2.45. The average Bonchev–Trinajstić information content (AvgIpc) is 0.907. The Balaban J connectivity index is 4.59. The van der Waals surface area contributed by atoms with Crippen molar-refractivity contribution in [1.29, 1.82) is 0 Å². The predicted octanol–water partition coefficient (Wildman–Crippen LogP) is 24.1. The summed E-state index contributed by atoms with van der Waals surface area (Å²) in [5.41, 5.74) is 0. The van der Waals surface area contributed by atoms with Crippen LogP contribution in [0.2, 0.25) is 0 Å². The molecule has 0 fully saturated rings. The molecule has 5 atom stereocenters. The Morgan fingerprint density at radius 2 is 0.477 bits per heavy atom. The number of aliphatic hydroxyl groups excluding tert-OH is 2. The smallest absolute Gasteiger partial charge is 0.463 e. The third-order valence-corrected chi connectivity index (χ3v) is 17.9. The van der Waals surface area contributed by atoms with Gasteiger partial charge in [0.05, 0.1) is 26.4 Å². The standard InChI is InChI=1S/C89H142O16P2/c1-4-7-10-13-16-19-22-25-28-31-33-35-36-37-38-39-40-41-42-43-44-45-46-48-50-52-54-57-60-63-66-69-72-75-87(92)99-78-84(90)79-101-106(95,96)102-80-85(91)81-103-107(97,98)104-83-86(105-89(94)77-74-71-68-65-62-59-56-51-30-27-24-21-18-15-12-9-6-3)82-100-88(93)76-73-70-67-64-61-58-55-53-49-47-34-32-29-26-23-20-17-14-11-8-5-2/h7-12,16-21,25-30,33-35,37-38,40-41,47,53,55-56,59,61,64-65,68,84-86,90-91H,4-6,13-15,22-24,31-32,36,39,42-46,48-52,54,57-58,60,62-63,66-67,69-83H2,1-3H3,(H,95,96)(H,97,98)/b10-7-,11-8-,12-9-,19-16-,20-17-,21-18-,28-25-,29-26-,30-27-,35-33-,38-37-,41-40-,47-34-,55-53-,59-56-,64-61-,68-65-. The fourth-order valence-corrected chi connectivity index (χ4v) is 11.6. The first-order valence-electron chi connectivity index (χ1n) is 40.4. The van der Waals surface area contributed by atoms with E-state index in [1.54, 1.807) is 0 Å². The van der Waals surface area contributed by atoms with Gasteiger partial charge in [-0.1, -0.05) is 304 Å². The topological polar surface area (TPSA) is 231 Å². The van der Waals surface area contributed by atoms with Crippen molar-refractivity contribution in [3.8, 4) is 0 Å². The molecule has 16 nitrogen and oxygen atoms in total. The molecule has 0 aromatic rings. The second-order valence-electron chi connectivity index (χ2n) is 26.1. The number of hydrogen-bond donors (Lipinski definition) is 4. The summed E-state index contributed by atoms with van der Waals surface area (Å²) in [6.07, 6.45) is 106. The van der Waals surface area contributed by atoms with Crippen LogP contribution in [0, 0.1) is 0 Å². The Hall–Kier alpha value is -5.87. The Labute approximate surface area is 648 Å². The first-order valence-corrected chi connectivity index (χ1v) is 43.4. The van der Waals surface area contributed by atoms with Gasteiger partial charge in [0, 0.05) is 19.3 Å². The van der Waals surface area contributed by atoms with Crippen LogP contribution in [0.1, 0.15) is 278 Å². The van der Waals surface area contributed by atoms with Crippen molar-refractivity contribution >= 4 is 33.6 Å². The highest BCUT2D eigenvalue weighted by molar-refractivity contribution is 7.47. The van der Waals surface area contributed by atoms with E-state index in [-0.39, 0.29) is 19.3 Å². The van der Waals surface area contributed by atoms with Crippen molar-refractivity contribution in [2.45, 2.75) is 296 Å².